The molecule has 1 saturated heterocycles. The van der Waals surface area contributed by atoms with E-state index in [0.29, 0.717) is 18.7 Å². The molecule has 20 heavy (non-hydrogen) atoms. The van der Waals surface area contributed by atoms with Gasteiger partial charge in [-0.2, -0.15) is 0 Å². The number of β-amino-alcohol motifs (C(OH)–C–C–N with tert-alkyl or cyclic N) is 1. The molecule has 2 rings (SSSR count). The molecule has 1 heterocycles. The van der Waals surface area contributed by atoms with E-state index >= 15 is 0 Å². The molecule has 0 aromatic heterocycles. The van der Waals surface area contributed by atoms with E-state index in [0.717, 1.165) is 12.2 Å². The first-order valence-corrected chi connectivity index (χ1v) is 7.07. The van der Waals surface area contributed by atoms with Gasteiger partial charge in [-0.15, -0.1) is 0 Å². The number of amides is 1. The van der Waals surface area contributed by atoms with Gasteiger partial charge in [0.25, 0.3) is 0 Å². The Morgan fingerprint density at radius 2 is 2.40 bits per heavy atom. The van der Waals surface area contributed by atoms with Crippen LogP contribution in [0.25, 0.3) is 0 Å². The van der Waals surface area contributed by atoms with Crippen LogP contribution < -0.4 is 15.4 Å². The zero-order chi connectivity index (χ0) is 14.5. The van der Waals surface area contributed by atoms with Gasteiger partial charge in [0.05, 0.1) is 18.2 Å². The first kappa shape index (κ1) is 14.8. The van der Waals surface area contributed by atoms with E-state index < -0.39 is 6.10 Å². The standard InChI is InChI=1S/C15H22N2O3/c1-3-10(2)20-13-6-4-5-11(7-13)17-15(19)14-8-12(18)9-16-14/h4-7,10,12,14,16,18H,3,8-9H2,1-2H3,(H,17,19). The normalized spacial score (nSPS) is 23.4. The highest BCUT2D eigenvalue weighted by molar-refractivity contribution is 5.95. The van der Waals surface area contributed by atoms with Gasteiger partial charge in [0.1, 0.15) is 5.75 Å². The number of carbonyl (C=O) groups excluding carboxylic acids is 1. The molecule has 0 saturated carbocycles. The minimum absolute atomic E-state index is 0.123. The van der Waals surface area contributed by atoms with Crippen LogP contribution >= 0.6 is 0 Å². The molecule has 1 aromatic carbocycles. The molecule has 1 aliphatic heterocycles. The molecule has 5 heteroatoms. The molecule has 110 valence electrons. The quantitative estimate of drug-likeness (QED) is 0.764. The van der Waals surface area contributed by atoms with Crippen LogP contribution in [0.1, 0.15) is 26.7 Å². The number of rotatable bonds is 5. The van der Waals surface area contributed by atoms with Crippen molar-refractivity contribution in [3.05, 3.63) is 24.3 Å². The number of hydrogen-bond donors (Lipinski definition) is 3. The van der Waals surface area contributed by atoms with Crippen molar-refractivity contribution in [1.82, 2.24) is 5.32 Å². The fraction of sp³-hybridized carbons (Fsp3) is 0.533. The summed E-state index contributed by atoms with van der Waals surface area (Å²) in [5.74, 6) is 0.624. The van der Waals surface area contributed by atoms with Gasteiger partial charge in [-0.25, -0.2) is 0 Å². The molecule has 1 aromatic rings. The number of anilines is 1. The van der Waals surface area contributed by atoms with Crippen LogP contribution in [0.15, 0.2) is 24.3 Å². The lowest BCUT2D eigenvalue weighted by molar-refractivity contribution is -0.117. The molecule has 3 unspecified atom stereocenters. The molecule has 0 aliphatic carbocycles. The molecule has 1 fully saturated rings. The van der Waals surface area contributed by atoms with E-state index in [1.54, 1.807) is 0 Å². The van der Waals surface area contributed by atoms with Gasteiger partial charge in [0.15, 0.2) is 0 Å². The summed E-state index contributed by atoms with van der Waals surface area (Å²) >= 11 is 0. The summed E-state index contributed by atoms with van der Waals surface area (Å²) in [4.78, 5) is 12.0. The van der Waals surface area contributed by atoms with Gasteiger partial charge in [0, 0.05) is 18.3 Å². The highest BCUT2D eigenvalue weighted by Gasteiger charge is 2.27. The third-order valence-corrected chi connectivity index (χ3v) is 3.44. The van der Waals surface area contributed by atoms with Gasteiger partial charge in [-0.05, 0) is 31.9 Å². The molecular weight excluding hydrogens is 256 g/mol. The second kappa shape index (κ2) is 6.72. The van der Waals surface area contributed by atoms with Gasteiger partial charge >= 0.3 is 0 Å². The zero-order valence-electron chi connectivity index (χ0n) is 11.9. The number of nitrogens with one attached hydrogen (secondary N) is 2. The third kappa shape index (κ3) is 3.95. The summed E-state index contributed by atoms with van der Waals surface area (Å²) in [6.45, 7) is 4.54. The van der Waals surface area contributed by atoms with E-state index in [9.17, 15) is 9.90 Å². The Kier molecular flexibility index (Phi) is 4.98. The number of benzene rings is 1. The van der Waals surface area contributed by atoms with Crippen molar-refractivity contribution in [3.63, 3.8) is 0 Å². The predicted molar refractivity (Wildman–Crippen MR) is 77.9 cm³/mol. The summed E-state index contributed by atoms with van der Waals surface area (Å²) in [6.07, 6.45) is 1.09. The largest absolute Gasteiger partial charge is 0.491 e. The number of hydrogen-bond acceptors (Lipinski definition) is 4. The third-order valence-electron chi connectivity index (χ3n) is 3.44. The number of ether oxygens (including phenoxy) is 1. The Hall–Kier alpha value is -1.59. The van der Waals surface area contributed by atoms with Crippen LogP contribution in [0.3, 0.4) is 0 Å². The first-order chi connectivity index (χ1) is 9.58. The molecule has 1 aliphatic rings. The molecule has 1 amide bonds. The second-order valence-corrected chi connectivity index (χ2v) is 5.20. The van der Waals surface area contributed by atoms with Crippen LogP contribution in [-0.4, -0.2) is 35.8 Å². The highest BCUT2D eigenvalue weighted by Crippen LogP contribution is 2.20. The Bertz CT molecular complexity index is 464. The first-order valence-electron chi connectivity index (χ1n) is 7.07. The number of aliphatic hydroxyl groups excluding tert-OH is 1. The topological polar surface area (TPSA) is 70.6 Å². The molecule has 3 N–H and O–H groups in total. The highest BCUT2D eigenvalue weighted by atomic mass is 16.5. The van der Waals surface area contributed by atoms with Gasteiger partial charge in [-0.3, -0.25) is 4.79 Å². The Morgan fingerprint density at radius 1 is 1.60 bits per heavy atom. The van der Waals surface area contributed by atoms with Crippen molar-refractivity contribution in [2.45, 2.75) is 44.9 Å². The van der Waals surface area contributed by atoms with E-state index in [1.165, 1.54) is 0 Å². The van der Waals surface area contributed by atoms with Crippen molar-refractivity contribution in [3.8, 4) is 5.75 Å². The SMILES string of the molecule is CCC(C)Oc1cccc(NC(=O)C2CC(O)CN2)c1. The fourth-order valence-electron chi connectivity index (χ4n) is 2.11. The maximum absolute atomic E-state index is 12.0. The zero-order valence-corrected chi connectivity index (χ0v) is 11.9. The van der Waals surface area contributed by atoms with Gasteiger partial charge < -0.3 is 20.5 Å². The second-order valence-electron chi connectivity index (χ2n) is 5.20. The van der Waals surface area contributed by atoms with Gasteiger partial charge in [0.2, 0.25) is 5.91 Å². The van der Waals surface area contributed by atoms with Crippen LogP contribution in [-0.2, 0) is 4.79 Å². The lowest BCUT2D eigenvalue weighted by Gasteiger charge is -2.15. The van der Waals surface area contributed by atoms with E-state index in [-0.39, 0.29) is 18.1 Å². The Balaban J connectivity index is 1.95. The molecule has 0 spiro atoms. The smallest absolute Gasteiger partial charge is 0.241 e. The minimum Gasteiger partial charge on any atom is -0.491 e. The lowest BCUT2D eigenvalue weighted by Crippen LogP contribution is -2.35. The van der Waals surface area contributed by atoms with E-state index in [1.807, 2.05) is 31.2 Å². The molecule has 5 nitrogen and oxygen atoms in total. The number of aliphatic hydroxyl groups is 1. The minimum atomic E-state index is -0.439. The summed E-state index contributed by atoms with van der Waals surface area (Å²) in [7, 11) is 0. The summed E-state index contributed by atoms with van der Waals surface area (Å²) in [6, 6.07) is 7.04. The maximum Gasteiger partial charge on any atom is 0.241 e. The molecule has 0 bridgehead atoms. The Labute approximate surface area is 119 Å². The van der Waals surface area contributed by atoms with Crippen molar-refractivity contribution < 1.29 is 14.6 Å². The Morgan fingerprint density at radius 3 is 3.05 bits per heavy atom. The maximum atomic E-state index is 12.0. The van der Waals surface area contributed by atoms with E-state index in [2.05, 4.69) is 17.6 Å². The summed E-state index contributed by atoms with van der Waals surface area (Å²) in [5, 5.41) is 15.3. The van der Waals surface area contributed by atoms with E-state index in [4.69, 9.17) is 4.74 Å². The van der Waals surface area contributed by atoms with Crippen LogP contribution in [0, 0.1) is 0 Å². The molecule has 0 radical (unpaired) electrons. The average molecular weight is 278 g/mol. The van der Waals surface area contributed by atoms with Crippen molar-refractivity contribution in [1.29, 1.82) is 0 Å². The van der Waals surface area contributed by atoms with Crippen LogP contribution in [0.2, 0.25) is 0 Å². The van der Waals surface area contributed by atoms with Gasteiger partial charge in [-0.1, -0.05) is 13.0 Å². The average Bonchev–Trinajstić information content (AvgIpc) is 2.86. The fourth-order valence-corrected chi connectivity index (χ4v) is 2.11. The predicted octanol–water partition coefficient (Wildman–Crippen LogP) is 1.53. The van der Waals surface area contributed by atoms with Crippen molar-refractivity contribution >= 4 is 11.6 Å². The van der Waals surface area contributed by atoms with Crippen molar-refractivity contribution in [2.24, 2.45) is 0 Å². The van der Waals surface area contributed by atoms with Crippen molar-refractivity contribution in [2.75, 3.05) is 11.9 Å². The molecule has 3 atom stereocenters. The molecular formula is C15H22N2O3. The van der Waals surface area contributed by atoms with Crippen LogP contribution in [0.5, 0.6) is 5.75 Å². The number of carbonyl (C=O) groups is 1. The van der Waals surface area contributed by atoms with Crippen LogP contribution in [0.4, 0.5) is 5.69 Å². The summed E-state index contributed by atoms with van der Waals surface area (Å²) < 4.78 is 5.72. The lowest BCUT2D eigenvalue weighted by atomic mass is 10.2. The summed E-state index contributed by atoms with van der Waals surface area (Å²) in [5.41, 5.74) is 0.707. The monoisotopic (exact) mass is 278 g/mol.